The van der Waals surface area contributed by atoms with Crippen molar-refractivity contribution >= 4 is 5.91 Å². The van der Waals surface area contributed by atoms with E-state index in [0.717, 1.165) is 11.1 Å². The van der Waals surface area contributed by atoms with Gasteiger partial charge in [-0.25, -0.2) is 4.68 Å². The summed E-state index contributed by atoms with van der Waals surface area (Å²) in [5, 5.41) is 7.29. The Bertz CT molecular complexity index is 1070. The molecule has 2 heterocycles. The van der Waals surface area contributed by atoms with Gasteiger partial charge in [0.2, 0.25) is 5.91 Å². The van der Waals surface area contributed by atoms with Crippen molar-refractivity contribution in [2.45, 2.75) is 25.8 Å². The Kier molecular flexibility index (Phi) is 7.75. The molecule has 0 aliphatic heterocycles. The van der Waals surface area contributed by atoms with Gasteiger partial charge in [0.1, 0.15) is 0 Å². The second kappa shape index (κ2) is 10.9. The Morgan fingerprint density at radius 1 is 1.10 bits per heavy atom. The molecule has 0 aliphatic carbocycles. The van der Waals surface area contributed by atoms with Crippen LogP contribution in [0.15, 0.2) is 59.7 Å². The van der Waals surface area contributed by atoms with Gasteiger partial charge in [-0.05, 0) is 48.7 Å². The zero-order valence-corrected chi connectivity index (χ0v) is 17.7. The largest absolute Gasteiger partial charge is 0.493 e. The Hall–Kier alpha value is -3.68. The number of amides is 1. The number of aromatic nitrogens is 3. The van der Waals surface area contributed by atoms with E-state index in [1.165, 1.54) is 10.7 Å². The zero-order chi connectivity index (χ0) is 22.1. The number of benzene rings is 1. The lowest BCUT2D eigenvalue weighted by molar-refractivity contribution is -0.121. The lowest BCUT2D eigenvalue weighted by atomic mass is 10.1. The van der Waals surface area contributed by atoms with Crippen molar-refractivity contribution < 1.29 is 14.3 Å². The number of methoxy groups -OCH3 is 2. The van der Waals surface area contributed by atoms with Crippen molar-refractivity contribution in [1.29, 1.82) is 0 Å². The lowest BCUT2D eigenvalue weighted by Gasteiger charge is -2.10. The van der Waals surface area contributed by atoms with Gasteiger partial charge in [-0.2, -0.15) is 5.10 Å². The van der Waals surface area contributed by atoms with E-state index in [4.69, 9.17) is 9.47 Å². The van der Waals surface area contributed by atoms with Gasteiger partial charge in [-0.1, -0.05) is 6.07 Å². The molecule has 1 N–H and O–H groups in total. The summed E-state index contributed by atoms with van der Waals surface area (Å²) in [6.07, 6.45) is 4.90. The number of carbonyl (C=O) groups excluding carboxylic acids is 1. The quantitative estimate of drug-likeness (QED) is 0.539. The second-order valence-corrected chi connectivity index (χ2v) is 6.91. The highest BCUT2D eigenvalue weighted by Gasteiger charge is 2.07. The summed E-state index contributed by atoms with van der Waals surface area (Å²) < 4.78 is 11.9. The van der Waals surface area contributed by atoms with Crippen LogP contribution < -0.4 is 20.3 Å². The summed E-state index contributed by atoms with van der Waals surface area (Å²) >= 11 is 0. The molecule has 2 aromatic heterocycles. The van der Waals surface area contributed by atoms with Gasteiger partial charge >= 0.3 is 0 Å². The van der Waals surface area contributed by atoms with Crippen LogP contribution in [0.2, 0.25) is 0 Å². The van der Waals surface area contributed by atoms with Gasteiger partial charge in [0.05, 0.1) is 19.9 Å². The van der Waals surface area contributed by atoms with Crippen LogP contribution in [-0.4, -0.2) is 41.4 Å². The number of hydrogen-bond donors (Lipinski definition) is 1. The standard InChI is InChI=1S/C23H26N4O4/c1-30-20-9-7-17(15-21(20)31-2)11-13-25-22(28)6-4-14-27-23(29)10-8-19(26-27)18-5-3-12-24-16-18/h3,5,7-10,12,15-16H,4,6,11,13-14H2,1-2H3,(H,25,28). The molecule has 0 unspecified atom stereocenters. The van der Waals surface area contributed by atoms with Gasteiger partial charge in [0, 0.05) is 43.5 Å². The van der Waals surface area contributed by atoms with E-state index in [9.17, 15) is 9.59 Å². The van der Waals surface area contributed by atoms with Gasteiger partial charge in [-0.15, -0.1) is 0 Å². The first-order chi connectivity index (χ1) is 15.1. The van der Waals surface area contributed by atoms with Crippen molar-refractivity contribution in [3.63, 3.8) is 0 Å². The number of ether oxygens (including phenoxy) is 2. The molecule has 0 saturated heterocycles. The summed E-state index contributed by atoms with van der Waals surface area (Å²) in [7, 11) is 3.19. The van der Waals surface area contributed by atoms with Crippen LogP contribution in [-0.2, 0) is 17.8 Å². The molecule has 0 bridgehead atoms. The van der Waals surface area contributed by atoms with Crippen LogP contribution in [0.5, 0.6) is 11.5 Å². The summed E-state index contributed by atoms with van der Waals surface area (Å²) in [6.45, 7) is 0.888. The zero-order valence-electron chi connectivity index (χ0n) is 17.7. The first-order valence-electron chi connectivity index (χ1n) is 10.1. The average Bonchev–Trinajstić information content (AvgIpc) is 2.80. The van der Waals surface area contributed by atoms with Gasteiger partial charge in [-0.3, -0.25) is 14.6 Å². The summed E-state index contributed by atoms with van der Waals surface area (Å²) in [4.78, 5) is 28.3. The number of aryl methyl sites for hydroxylation is 1. The maximum atomic E-state index is 12.1. The van der Waals surface area contributed by atoms with E-state index >= 15 is 0 Å². The monoisotopic (exact) mass is 422 g/mol. The molecule has 8 heteroatoms. The van der Waals surface area contributed by atoms with Crippen LogP contribution in [0.1, 0.15) is 18.4 Å². The van der Waals surface area contributed by atoms with Crippen LogP contribution in [0.25, 0.3) is 11.3 Å². The Morgan fingerprint density at radius 2 is 1.94 bits per heavy atom. The second-order valence-electron chi connectivity index (χ2n) is 6.91. The van der Waals surface area contributed by atoms with Gasteiger partial charge < -0.3 is 14.8 Å². The fourth-order valence-corrected chi connectivity index (χ4v) is 3.14. The third-order valence-corrected chi connectivity index (χ3v) is 4.78. The van der Waals surface area contributed by atoms with E-state index in [2.05, 4.69) is 15.4 Å². The van der Waals surface area contributed by atoms with Crippen molar-refractivity contribution in [3.8, 4) is 22.8 Å². The summed E-state index contributed by atoms with van der Waals surface area (Å²) in [6, 6.07) is 12.6. The molecule has 3 rings (SSSR count). The molecule has 3 aromatic rings. The average molecular weight is 422 g/mol. The Labute approximate surface area is 180 Å². The highest BCUT2D eigenvalue weighted by molar-refractivity contribution is 5.75. The first-order valence-corrected chi connectivity index (χ1v) is 10.1. The van der Waals surface area contributed by atoms with Crippen LogP contribution in [0.3, 0.4) is 0 Å². The maximum absolute atomic E-state index is 12.1. The predicted molar refractivity (Wildman–Crippen MR) is 117 cm³/mol. The fourth-order valence-electron chi connectivity index (χ4n) is 3.14. The third kappa shape index (κ3) is 6.15. The van der Waals surface area contributed by atoms with Crippen molar-refractivity contribution in [1.82, 2.24) is 20.1 Å². The molecular weight excluding hydrogens is 396 g/mol. The summed E-state index contributed by atoms with van der Waals surface area (Å²) in [5.41, 5.74) is 2.36. The fraction of sp³-hybridized carbons (Fsp3) is 0.304. The van der Waals surface area contributed by atoms with Gasteiger partial charge in [0.15, 0.2) is 11.5 Å². The molecule has 0 atom stereocenters. The van der Waals surface area contributed by atoms with E-state index in [0.29, 0.717) is 49.5 Å². The Balaban J connectivity index is 1.46. The van der Waals surface area contributed by atoms with E-state index in [1.807, 2.05) is 30.3 Å². The van der Waals surface area contributed by atoms with Crippen molar-refractivity contribution in [2.24, 2.45) is 0 Å². The number of rotatable bonds is 10. The minimum atomic E-state index is -0.193. The van der Waals surface area contributed by atoms with Crippen LogP contribution in [0, 0.1) is 0 Å². The van der Waals surface area contributed by atoms with Crippen LogP contribution in [0.4, 0.5) is 0 Å². The molecule has 1 aromatic carbocycles. The van der Waals surface area contributed by atoms with E-state index < -0.39 is 0 Å². The molecule has 1 amide bonds. The van der Waals surface area contributed by atoms with Crippen LogP contribution >= 0.6 is 0 Å². The van der Waals surface area contributed by atoms with Crippen molar-refractivity contribution in [2.75, 3.05) is 20.8 Å². The molecule has 162 valence electrons. The van der Waals surface area contributed by atoms with E-state index in [1.54, 1.807) is 32.7 Å². The SMILES string of the molecule is COc1ccc(CCNC(=O)CCCn2nc(-c3cccnc3)ccc2=O)cc1OC. The molecule has 0 saturated carbocycles. The maximum Gasteiger partial charge on any atom is 0.266 e. The first kappa shape index (κ1) is 22.0. The minimum Gasteiger partial charge on any atom is -0.493 e. The van der Waals surface area contributed by atoms with Crippen molar-refractivity contribution in [3.05, 3.63) is 70.8 Å². The van der Waals surface area contributed by atoms with E-state index in [-0.39, 0.29) is 11.5 Å². The predicted octanol–water partition coefficient (Wildman–Crippen LogP) is 2.46. The molecule has 0 aliphatic rings. The molecule has 31 heavy (non-hydrogen) atoms. The molecule has 0 radical (unpaired) electrons. The highest BCUT2D eigenvalue weighted by Crippen LogP contribution is 2.27. The molecule has 0 spiro atoms. The lowest BCUT2D eigenvalue weighted by Crippen LogP contribution is -2.27. The third-order valence-electron chi connectivity index (χ3n) is 4.78. The Morgan fingerprint density at radius 3 is 2.68 bits per heavy atom. The number of nitrogens with zero attached hydrogens (tertiary/aromatic N) is 3. The number of nitrogens with one attached hydrogen (secondary N) is 1. The number of pyridine rings is 1. The minimum absolute atomic E-state index is 0.0584. The topological polar surface area (TPSA) is 95.3 Å². The highest BCUT2D eigenvalue weighted by atomic mass is 16.5. The number of carbonyl (C=O) groups is 1. The summed E-state index contributed by atoms with van der Waals surface area (Å²) in [5.74, 6) is 1.28. The number of hydrogen-bond acceptors (Lipinski definition) is 6. The normalized spacial score (nSPS) is 10.5. The molecule has 8 nitrogen and oxygen atoms in total. The molecular formula is C23H26N4O4. The molecule has 0 fully saturated rings. The smallest absolute Gasteiger partial charge is 0.266 e. The van der Waals surface area contributed by atoms with Gasteiger partial charge in [0.25, 0.3) is 5.56 Å².